The Bertz CT molecular complexity index is 1130. The lowest BCUT2D eigenvalue weighted by molar-refractivity contribution is -0.386. The monoisotopic (exact) mass is 428 g/mol. The third-order valence-electron chi connectivity index (χ3n) is 4.14. The minimum atomic E-state index is -1.01. The topological polar surface area (TPSA) is 133 Å². The van der Waals surface area contributed by atoms with Gasteiger partial charge in [0.25, 0.3) is 0 Å². The van der Waals surface area contributed by atoms with Crippen LogP contribution in [-0.2, 0) is 16.1 Å². The molecule has 1 N–H and O–H groups in total. The van der Waals surface area contributed by atoms with Gasteiger partial charge in [-0.15, -0.1) is 11.3 Å². The van der Waals surface area contributed by atoms with Crippen molar-refractivity contribution >= 4 is 28.9 Å². The number of nitrogens with zero attached hydrogens (tertiary/aromatic N) is 3. The average Bonchev–Trinajstić information content (AvgIpc) is 3.27. The van der Waals surface area contributed by atoms with Crippen molar-refractivity contribution in [1.82, 2.24) is 14.9 Å². The van der Waals surface area contributed by atoms with Crippen LogP contribution >= 0.6 is 11.3 Å². The summed E-state index contributed by atoms with van der Waals surface area (Å²) < 4.78 is 5.37. The fourth-order valence-electron chi connectivity index (χ4n) is 2.77. The van der Waals surface area contributed by atoms with Crippen molar-refractivity contribution < 1.29 is 19.2 Å². The van der Waals surface area contributed by atoms with Crippen molar-refractivity contribution in [2.24, 2.45) is 0 Å². The van der Waals surface area contributed by atoms with Gasteiger partial charge in [0.2, 0.25) is 5.91 Å². The van der Waals surface area contributed by atoms with E-state index in [1.807, 2.05) is 30.3 Å². The number of nitrogens with one attached hydrogen (secondary N) is 1. The van der Waals surface area contributed by atoms with Gasteiger partial charge in [-0.05, 0) is 5.56 Å². The molecule has 154 valence electrons. The second-order valence-corrected chi connectivity index (χ2v) is 7.00. The van der Waals surface area contributed by atoms with Crippen molar-refractivity contribution in [3.8, 4) is 0 Å². The van der Waals surface area contributed by atoms with Gasteiger partial charge in [-0.3, -0.25) is 24.3 Å². The maximum Gasteiger partial charge on any atom is 0.339 e. The summed E-state index contributed by atoms with van der Waals surface area (Å²) in [5.74, 6) is -1.45. The number of carbonyl (C=O) groups excluding carboxylic acids is 2. The summed E-state index contributed by atoms with van der Waals surface area (Å²) in [6.45, 7) is -0.529. The zero-order chi connectivity index (χ0) is 21.7. The molecule has 0 fully saturated rings. The molecule has 1 aromatic carbocycles. The highest BCUT2D eigenvalue weighted by Gasteiger charge is 2.23. The number of esters is 1. The number of methoxy groups -OCH3 is 1. The van der Waals surface area contributed by atoms with Gasteiger partial charge in [0.05, 0.1) is 17.6 Å². The van der Waals surface area contributed by atoms with Gasteiger partial charge < -0.3 is 10.1 Å². The molecule has 0 saturated heterocycles. The fraction of sp³-hybridized carbons (Fsp3) is 0.158. The van der Waals surface area contributed by atoms with E-state index in [0.29, 0.717) is 5.01 Å². The van der Waals surface area contributed by atoms with Gasteiger partial charge in [0, 0.05) is 23.8 Å². The molecule has 0 aliphatic carbocycles. The number of amides is 1. The highest BCUT2D eigenvalue weighted by Crippen LogP contribution is 2.23. The Balaban J connectivity index is 1.91. The highest BCUT2D eigenvalue weighted by atomic mass is 32.1. The Morgan fingerprint density at radius 3 is 2.67 bits per heavy atom. The molecule has 3 aromatic rings. The van der Waals surface area contributed by atoms with Crippen LogP contribution in [0.1, 0.15) is 27.0 Å². The molecule has 0 aliphatic heterocycles. The summed E-state index contributed by atoms with van der Waals surface area (Å²) >= 11 is 1.35. The Hall–Kier alpha value is -3.86. The van der Waals surface area contributed by atoms with Crippen LogP contribution in [0.25, 0.3) is 0 Å². The molecule has 0 aliphatic rings. The van der Waals surface area contributed by atoms with E-state index >= 15 is 0 Å². The van der Waals surface area contributed by atoms with E-state index in [4.69, 9.17) is 0 Å². The molecule has 1 amide bonds. The van der Waals surface area contributed by atoms with Crippen molar-refractivity contribution in [2.75, 3.05) is 7.11 Å². The number of carbonyl (C=O) groups is 2. The van der Waals surface area contributed by atoms with Gasteiger partial charge in [-0.25, -0.2) is 9.78 Å². The van der Waals surface area contributed by atoms with Gasteiger partial charge >= 0.3 is 17.2 Å². The van der Waals surface area contributed by atoms with Crippen LogP contribution in [-0.4, -0.2) is 33.5 Å². The predicted octanol–water partition coefficient (Wildman–Crippen LogP) is 1.91. The minimum Gasteiger partial charge on any atom is -0.465 e. The molecule has 1 atom stereocenters. The van der Waals surface area contributed by atoms with Gasteiger partial charge in [0.1, 0.15) is 17.6 Å². The zero-order valence-electron chi connectivity index (χ0n) is 15.7. The number of nitro groups is 1. The summed E-state index contributed by atoms with van der Waals surface area (Å²) in [6, 6.07) is 9.37. The number of pyridine rings is 1. The molecule has 10 nitrogen and oxygen atoms in total. The number of hydrogen-bond donors (Lipinski definition) is 1. The third-order valence-corrected chi connectivity index (χ3v) is 4.98. The van der Waals surface area contributed by atoms with Crippen LogP contribution in [0.15, 0.2) is 59.0 Å². The van der Waals surface area contributed by atoms with Crippen LogP contribution in [0.2, 0.25) is 0 Å². The molecular weight excluding hydrogens is 412 g/mol. The van der Waals surface area contributed by atoms with Crippen LogP contribution in [0.4, 0.5) is 5.69 Å². The summed E-state index contributed by atoms with van der Waals surface area (Å²) in [5.41, 5.74) is -1.27. The molecule has 0 radical (unpaired) electrons. The van der Waals surface area contributed by atoms with Crippen LogP contribution in [0, 0.1) is 10.1 Å². The molecule has 2 heterocycles. The molecule has 1 unspecified atom stereocenters. The van der Waals surface area contributed by atoms with E-state index < -0.39 is 40.6 Å². The van der Waals surface area contributed by atoms with Crippen molar-refractivity contribution in [2.45, 2.75) is 12.6 Å². The first-order valence-electron chi connectivity index (χ1n) is 8.61. The maximum absolute atomic E-state index is 12.7. The van der Waals surface area contributed by atoms with Crippen molar-refractivity contribution in [1.29, 1.82) is 0 Å². The van der Waals surface area contributed by atoms with Crippen molar-refractivity contribution in [3.05, 3.63) is 90.8 Å². The highest BCUT2D eigenvalue weighted by molar-refractivity contribution is 7.09. The lowest BCUT2D eigenvalue weighted by Crippen LogP contribution is -2.35. The predicted molar refractivity (Wildman–Crippen MR) is 107 cm³/mol. The largest absolute Gasteiger partial charge is 0.465 e. The Morgan fingerprint density at radius 1 is 1.33 bits per heavy atom. The number of benzene rings is 1. The molecule has 0 bridgehead atoms. The number of hydrogen-bond acceptors (Lipinski definition) is 8. The molecular formula is C19H16N4O6S. The van der Waals surface area contributed by atoms with E-state index in [9.17, 15) is 24.5 Å². The number of ether oxygens (including phenoxy) is 1. The van der Waals surface area contributed by atoms with E-state index in [1.54, 1.807) is 11.6 Å². The third kappa shape index (κ3) is 4.58. The lowest BCUT2D eigenvalue weighted by atomic mass is 10.1. The Kier molecular flexibility index (Phi) is 6.32. The van der Waals surface area contributed by atoms with Gasteiger partial charge in [-0.1, -0.05) is 30.3 Å². The number of rotatable bonds is 7. The summed E-state index contributed by atoms with van der Waals surface area (Å²) in [4.78, 5) is 51.4. The van der Waals surface area contributed by atoms with Crippen LogP contribution in [0.3, 0.4) is 0 Å². The first-order valence-corrected chi connectivity index (χ1v) is 9.49. The second kappa shape index (κ2) is 9.09. The lowest BCUT2D eigenvalue weighted by Gasteiger charge is -2.17. The first kappa shape index (κ1) is 20.9. The molecule has 30 heavy (non-hydrogen) atoms. The van der Waals surface area contributed by atoms with E-state index in [0.717, 1.165) is 29.5 Å². The van der Waals surface area contributed by atoms with E-state index in [-0.39, 0.29) is 5.56 Å². The van der Waals surface area contributed by atoms with Crippen LogP contribution in [0.5, 0.6) is 0 Å². The Morgan fingerprint density at radius 2 is 2.07 bits per heavy atom. The second-order valence-electron chi connectivity index (χ2n) is 6.08. The quantitative estimate of drug-likeness (QED) is 0.345. The fourth-order valence-corrected chi connectivity index (χ4v) is 3.48. The minimum absolute atomic E-state index is 0.212. The summed E-state index contributed by atoms with van der Waals surface area (Å²) in [7, 11) is 1.11. The van der Waals surface area contributed by atoms with E-state index in [1.165, 1.54) is 11.3 Å². The number of aromatic nitrogens is 2. The molecule has 0 saturated carbocycles. The van der Waals surface area contributed by atoms with Crippen LogP contribution < -0.4 is 10.9 Å². The SMILES string of the molecule is COC(=O)c1cc([N+](=O)[O-])c(=O)n(CC(=O)NC(c2ccccc2)c2nccs2)c1. The van der Waals surface area contributed by atoms with E-state index in [2.05, 4.69) is 15.0 Å². The molecule has 3 rings (SSSR count). The molecule has 2 aromatic heterocycles. The maximum atomic E-state index is 12.7. The van der Waals surface area contributed by atoms with Crippen molar-refractivity contribution in [3.63, 3.8) is 0 Å². The standard InChI is InChI=1S/C19H16N4O6S/c1-29-19(26)13-9-14(23(27)28)18(25)22(10-13)11-15(24)21-16(17-20-7-8-30-17)12-5-3-2-4-6-12/h2-10,16H,11H2,1H3,(H,21,24). The first-order chi connectivity index (χ1) is 14.4. The molecule has 11 heteroatoms. The van der Waals surface area contributed by atoms with Gasteiger partial charge in [-0.2, -0.15) is 0 Å². The summed E-state index contributed by atoms with van der Waals surface area (Å²) in [6.07, 6.45) is 2.66. The molecule has 0 spiro atoms. The Labute approximate surface area is 173 Å². The average molecular weight is 428 g/mol. The zero-order valence-corrected chi connectivity index (χ0v) is 16.5. The normalized spacial score (nSPS) is 11.5. The number of thiazole rings is 1. The summed E-state index contributed by atoms with van der Waals surface area (Å²) in [5, 5.41) is 16.4. The van der Waals surface area contributed by atoms with Gasteiger partial charge in [0.15, 0.2) is 0 Å². The smallest absolute Gasteiger partial charge is 0.339 e.